The Labute approximate surface area is 118 Å². The van der Waals surface area contributed by atoms with Crippen LogP contribution in [0.4, 0.5) is 5.69 Å². The zero-order valence-corrected chi connectivity index (χ0v) is 11.7. The molecule has 20 heavy (non-hydrogen) atoms. The van der Waals surface area contributed by atoms with Gasteiger partial charge in [0.15, 0.2) is 0 Å². The number of hydrogen-bond donors (Lipinski definition) is 3. The van der Waals surface area contributed by atoms with Crippen molar-refractivity contribution in [1.29, 1.82) is 0 Å². The lowest BCUT2D eigenvalue weighted by molar-refractivity contribution is 0.101. The second-order valence-electron chi connectivity index (χ2n) is 4.50. The van der Waals surface area contributed by atoms with Crippen molar-refractivity contribution in [1.82, 2.24) is 20.5 Å². The summed E-state index contributed by atoms with van der Waals surface area (Å²) < 4.78 is 0. The summed E-state index contributed by atoms with van der Waals surface area (Å²) in [4.78, 5) is 16.3. The molecule has 0 aliphatic heterocycles. The summed E-state index contributed by atoms with van der Waals surface area (Å²) in [5.41, 5.74) is 1.79. The van der Waals surface area contributed by atoms with E-state index in [0.29, 0.717) is 6.54 Å². The number of aromatic amines is 1. The highest BCUT2D eigenvalue weighted by atomic mass is 16.2. The third kappa shape index (κ3) is 3.42. The average molecular weight is 273 g/mol. The van der Waals surface area contributed by atoms with Gasteiger partial charge in [-0.3, -0.25) is 9.89 Å². The van der Waals surface area contributed by atoms with Gasteiger partial charge in [0, 0.05) is 18.7 Å². The zero-order valence-electron chi connectivity index (χ0n) is 11.7. The molecule has 0 bridgehead atoms. The molecule has 0 aliphatic rings. The Kier molecular flexibility index (Phi) is 4.84. The summed E-state index contributed by atoms with van der Waals surface area (Å²) in [7, 11) is 1.87. The second-order valence-corrected chi connectivity index (χ2v) is 4.50. The number of aromatic nitrogens is 3. The lowest BCUT2D eigenvalue weighted by Crippen LogP contribution is -2.16. The van der Waals surface area contributed by atoms with E-state index < -0.39 is 0 Å². The lowest BCUT2D eigenvalue weighted by atomic mass is 10.1. The number of nitrogens with zero attached hydrogens (tertiary/aromatic N) is 2. The van der Waals surface area contributed by atoms with E-state index in [4.69, 9.17) is 0 Å². The highest BCUT2D eigenvalue weighted by Gasteiger charge is 2.13. The van der Waals surface area contributed by atoms with Crippen LogP contribution in [0.1, 0.15) is 35.4 Å². The molecule has 0 atom stereocenters. The first kappa shape index (κ1) is 14.2. The van der Waals surface area contributed by atoms with E-state index in [0.717, 1.165) is 29.9 Å². The van der Waals surface area contributed by atoms with Crippen LogP contribution in [0.5, 0.6) is 0 Å². The topological polar surface area (TPSA) is 82.7 Å². The van der Waals surface area contributed by atoms with Crippen LogP contribution in [-0.4, -0.2) is 28.1 Å². The van der Waals surface area contributed by atoms with Gasteiger partial charge in [0.05, 0.1) is 0 Å². The molecule has 106 valence electrons. The number of amides is 1. The van der Waals surface area contributed by atoms with Crippen molar-refractivity contribution in [2.45, 2.75) is 26.3 Å². The third-order valence-corrected chi connectivity index (χ3v) is 2.85. The van der Waals surface area contributed by atoms with E-state index in [1.54, 1.807) is 0 Å². The lowest BCUT2D eigenvalue weighted by Gasteiger charge is -2.09. The van der Waals surface area contributed by atoms with Crippen molar-refractivity contribution in [3.8, 4) is 0 Å². The molecule has 1 aromatic heterocycles. The van der Waals surface area contributed by atoms with E-state index >= 15 is 0 Å². The summed E-state index contributed by atoms with van der Waals surface area (Å²) in [5.74, 6) is 0.612. The van der Waals surface area contributed by atoms with Gasteiger partial charge in [-0.2, -0.15) is 0 Å². The fraction of sp³-hybridized carbons (Fsp3) is 0.357. The van der Waals surface area contributed by atoms with Crippen molar-refractivity contribution >= 4 is 11.6 Å². The number of aryl methyl sites for hydroxylation is 1. The first-order valence-electron chi connectivity index (χ1n) is 6.69. The second kappa shape index (κ2) is 6.81. The van der Waals surface area contributed by atoms with E-state index in [1.807, 2.05) is 31.3 Å². The molecule has 1 aromatic carbocycles. The number of benzene rings is 1. The SMILES string of the molecule is CCCc1nc(C(=O)Nc2ccccc2CNC)n[nH]1. The number of carbonyl (C=O) groups is 1. The Hall–Kier alpha value is -2.21. The maximum Gasteiger partial charge on any atom is 0.295 e. The average Bonchev–Trinajstić information content (AvgIpc) is 2.90. The van der Waals surface area contributed by atoms with Gasteiger partial charge in [0.25, 0.3) is 5.91 Å². The number of hydrogen-bond acceptors (Lipinski definition) is 4. The van der Waals surface area contributed by atoms with Crippen LogP contribution in [-0.2, 0) is 13.0 Å². The molecular weight excluding hydrogens is 254 g/mol. The molecule has 0 saturated carbocycles. The molecule has 0 saturated heterocycles. The molecule has 0 fully saturated rings. The van der Waals surface area contributed by atoms with Gasteiger partial charge >= 0.3 is 0 Å². The summed E-state index contributed by atoms with van der Waals surface area (Å²) in [6.45, 7) is 2.74. The maximum absolute atomic E-state index is 12.1. The van der Waals surface area contributed by atoms with Gasteiger partial charge in [-0.1, -0.05) is 25.1 Å². The van der Waals surface area contributed by atoms with Crippen LogP contribution in [0.3, 0.4) is 0 Å². The smallest absolute Gasteiger partial charge is 0.295 e. The number of para-hydroxylation sites is 1. The fourth-order valence-electron chi connectivity index (χ4n) is 1.91. The molecule has 1 amide bonds. The van der Waals surface area contributed by atoms with Crippen molar-refractivity contribution in [3.63, 3.8) is 0 Å². The first-order valence-corrected chi connectivity index (χ1v) is 6.69. The van der Waals surface area contributed by atoms with Crippen molar-refractivity contribution in [2.24, 2.45) is 0 Å². The Morgan fingerprint density at radius 2 is 2.15 bits per heavy atom. The van der Waals surface area contributed by atoms with Crippen molar-refractivity contribution in [3.05, 3.63) is 41.5 Å². The molecule has 0 aliphatic carbocycles. The minimum atomic E-state index is -0.299. The number of anilines is 1. The minimum Gasteiger partial charge on any atom is -0.319 e. The molecule has 0 unspecified atom stereocenters. The molecule has 6 nitrogen and oxygen atoms in total. The van der Waals surface area contributed by atoms with Gasteiger partial charge in [0.1, 0.15) is 5.82 Å². The summed E-state index contributed by atoms with van der Waals surface area (Å²) in [6, 6.07) is 7.65. The van der Waals surface area contributed by atoms with Gasteiger partial charge in [-0.15, -0.1) is 5.10 Å². The molecule has 0 radical (unpaired) electrons. The van der Waals surface area contributed by atoms with Crippen LogP contribution in [0, 0.1) is 0 Å². The highest BCUT2D eigenvalue weighted by Crippen LogP contribution is 2.15. The zero-order chi connectivity index (χ0) is 14.4. The van der Waals surface area contributed by atoms with Crippen molar-refractivity contribution in [2.75, 3.05) is 12.4 Å². The molecule has 6 heteroatoms. The fourth-order valence-corrected chi connectivity index (χ4v) is 1.91. The molecule has 2 rings (SSSR count). The van der Waals surface area contributed by atoms with E-state index in [-0.39, 0.29) is 11.7 Å². The summed E-state index contributed by atoms with van der Waals surface area (Å²) in [6.07, 6.45) is 1.75. The van der Waals surface area contributed by atoms with Crippen molar-refractivity contribution < 1.29 is 4.79 Å². The standard InChI is InChI=1S/C14H19N5O/c1-3-6-12-17-13(19-18-12)14(20)16-11-8-5-4-7-10(11)9-15-2/h4-5,7-8,15H,3,6,9H2,1-2H3,(H,16,20)(H,17,18,19). The van der Waals surface area contributed by atoms with Gasteiger partial charge in [-0.05, 0) is 25.1 Å². The van der Waals surface area contributed by atoms with Gasteiger partial charge in [0.2, 0.25) is 5.82 Å². The maximum atomic E-state index is 12.1. The quantitative estimate of drug-likeness (QED) is 0.748. The normalized spacial score (nSPS) is 10.5. The number of nitrogens with one attached hydrogen (secondary N) is 3. The summed E-state index contributed by atoms with van der Waals surface area (Å²) >= 11 is 0. The highest BCUT2D eigenvalue weighted by molar-refractivity contribution is 6.01. The molecule has 0 spiro atoms. The predicted octanol–water partition coefficient (Wildman–Crippen LogP) is 1.73. The number of rotatable bonds is 6. The first-order chi connectivity index (χ1) is 9.74. The third-order valence-electron chi connectivity index (χ3n) is 2.85. The van der Waals surface area contributed by atoms with Crippen LogP contribution >= 0.6 is 0 Å². The van der Waals surface area contributed by atoms with Crippen LogP contribution in [0.15, 0.2) is 24.3 Å². The number of H-pyrrole nitrogens is 1. The largest absolute Gasteiger partial charge is 0.319 e. The van der Waals surface area contributed by atoms with E-state index in [1.165, 1.54) is 0 Å². The Bertz CT molecular complexity index is 578. The van der Waals surface area contributed by atoms with Crippen LogP contribution in [0.2, 0.25) is 0 Å². The van der Waals surface area contributed by atoms with Gasteiger partial charge in [-0.25, -0.2) is 4.98 Å². The Morgan fingerprint density at radius 1 is 1.35 bits per heavy atom. The van der Waals surface area contributed by atoms with E-state index in [9.17, 15) is 4.79 Å². The monoisotopic (exact) mass is 273 g/mol. The van der Waals surface area contributed by atoms with Crippen LogP contribution in [0.25, 0.3) is 0 Å². The Morgan fingerprint density at radius 3 is 2.90 bits per heavy atom. The number of carbonyl (C=O) groups excluding carboxylic acids is 1. The van der Waals surface area contributed by atoms with E-state index in [2.05, 4.69) is 32.7 Å². The van der Waals surface area contributed by atoms with Gasteiger partial charge < -0.3 is 10.6 Å². The molecule has 3 N–H and O–H groups in total. The molecular formula is C14H19N5O. The molecule has 1 heterocycles. The van der Waals surface area contributed by atoms with Crippen LogP contribution < -0.4 is 10.6 Å². The Balaban J connectivity index is 2.10. The predicted molar refractivity (Wildman–Crippen MR) is 77.5 cm³/mol. The summed E-state index contributed by atoms with van der Waals surface area (Å²) in [5, 5.41) is 12.6. The molecule has 2 aromatic rings. The minimum absolute atomic E-state index is 0.174.